The van der Waals surface area contributed by atoms with Crippen molar-refractivity contribution in [2.45, 2.75) is 32.3 Å². The van der Waals surface area contributed by atoms with E-state index in [9.17, 15) is 9.90 Å². The summed E-state index contributed by atoms with van der Waals surface area (Å²) in [6, 6.07) is 1.70. The molecule has 0 saturated carbocycles. The maximum atomic E-state index is 11.7. The van der Waals surface area contributed by atoms with Crippen molar-refractivity contribution in [3.05, 3.63) is 21.7 Å². The van der Waals surface area contributed by atoms with E-state index < -0.39 is 12.1 Å². The van der Waals surface area contributed by atoms with E-state index in [1.807, 2.05) is 13.8 Å². The van der Waals surface area contributed by atoms with Crippen LogP contribution in [0.4, 0.5) is 0 Å². The van der Waals surface area contributed by atoms with Gasteiger partial charge < -0.3 is 19.3 Å². The number of rotatable bonds is 3. The minimum absolute atomic E-state index is 0.0582. The van der Waals surface area contributed by atoms with E-state index in [0.29, 0.717) is 34.7 Å². The predicted octanol–water partition coefficient (Wildman–Crippen LogP) is 2.94. The summed E-state index contributed by atoms with van der Waals surface area (Å²) in [5.41, 5.74) is 1.25. The second-order valence-corrected chi connectivity index (χ2v) is 6.00. The second-order valence-electron chi connectivity index (χ2n) is 5.15. The first-order valence-electron chi connectivity index (χ1n) is 6.85. The Morgan fingerprint density at radius 1 is 1.33 bits per heavy atom. The van der Waals surface area contributed by atoms with Gasteiger partial charge in [-0.2, -0.15) is 0 Å². The molecule has 0 spiro atoms. The van der Waals surface area contributed by atoms with E-state index >= 15 is 0 Å². The highest BCUT2D eigenvalue weighted by molar-refractivity contribution is 9.10. The van der Waals surface area contributed by atoms with Crippen LogP contribution in [0.1, 0.15) is 43.4 Å². The van der Waals surface area contributed by atoms with Gasteiger partial charge in [0.2, 0.25) is 0 Å². The molecule has 0 aliphatic carbocycles. The molecule has 1 aliphatic heterocycles. The molecular formula is C15H19BrO5. The van der Waals surface area contributed by atoms with Gasteiger partial charge in [0.1, 0.15) is 0 Å². The number of halogens is 1. The SMILES string of the molecule is COC(=O)C(O)c1cc(Br)c2c(c1C(C)C)OCCCO2. The van der Waals surface area contributed by atoms with Crippen LogP contribution >= 0.6 is 15.9 Å². The van der Waals surface area contributed by atoms with Gasteiger partial charge in [-0.25, -0.2) is 4.79 Å². The van der Waals surface area contributed by atoms with Crippen molar-refractivity contribution in [1.82, 2.24) is 0 Å². The Hall–Kier alpha value is -1.27. The molecule has 1 unspecified atom stereocenters. The number of hydrogen-bond acceptors (Lipinski definition) is 5. The van der Waals surface area contributed by atoms with Gasteiger partial charge in [-0.1, -0.05) is 13.8 Å². The van der Waals surface area contributed by atoms with Gasteiger partial charge in [-0.15, -0.1) is 0 Å². The first kappa shape index (κ1) is 16.1. The normalized spacial score (nSPS) is 15.5. The Bertz CT molecular complexity index is 541. The lowest BCUT2D eigenvalue weighted by Gasteiger charge is -2.22. The van der Waals surface area contributed by atoms with Crippen molar-refractivity contribution in [2.24, 2.45) is 0 Å². The fourth-order valence-corrected chi connectivity index (χ4v) is 2.93. The van der Waals surface area contributed by atoms with Gasteiger partial charge in [0.15, 0.2) is 17.6 Å². The molecule has 1 aliphatic rings. The lowest BCUT2D eigenvalue weighted by molar-refractivity contribution is -0.150. The molecule has 1 atom stereocenters. The maximum absolute atomic E-state index is 11.7. The fraction of sp³-hybridized carbons (Fsp3) is 0.533. The van der Waals surface area contributed by atoms with E-state index in [4.69, 9.17) is 9.47 Å². The van der Waals surface area contributed by atoms with E-state index in [0.717, 1.165) is 12.0 Å². The zero-order valence-corrected chi connectivity index (χ0v) is 13.9. The summed E-state index contributed by atoms with van der Waals surface area (Å²) in [7, 11) is 1.25. The van der Waals surface area contributed by atoms with E-state index in [1.165, 1.54) is 7.11 Å². The third-order valence-corrected chi connectivity index (χ3v) is 3.93. The summed E-state index contributed by atoms with van der Waals surface area (Å²) < 4.78 is 16.8. The number of methoxy groups -OCH3 is 1. The van der Waals surface area contributed by atoms with Gasteiger partial charge in [0, 0.05) is 17.5 Å². The highest BCUT2D eigenvalue weighted by Gasteiger charge is 2.29. The smallest absolute Gasteiger partial charge is 0.339 e. The molecule has 0 fully saturated rings. The summed E-state index contributed by atoms with van der Waals surface area (Å²) >= 11 is 3.42. The average molecular weight is 359 g/mol. The predicted molar refractivity (Wildman–Crippen MR) is 80.8 cm³/mol. The van der Waals surface area contributed by atoms with E-state index in [-0.39, 0.29) is 5.92 Å². The second kappa shape index (κ2) is 6.66. The Kier molecular flexibility index (Phi) is 5.11. The number of ether oxygens (including phenoxy) is 3. The first-order chi connectivity index (χ1) is 9.97. The van der Waals surface area contributed by atoms with Gasteiger partial charge in [-0.05, 0) is 27.9 Å². The van der Waals surface area contributed by atoms with Gasteiger partial charge in [0.05, 0.1) is 24.8 Å². The minimum Gasteiger partial charge on any atom is -0.489 e. The highest BCUT2D eigenvalue weighted by Crippen LogP contribution is 2.46. The molecule has 1 aromatic carbocycles. The Morgan fingerprint density at radius 2 is 1.95 bits per heavy atom. The standard InChI is InChI=1S/C15H19BrO5/c1-8(2)11-9(12(17)15(18)19-3)7-10(16)13-14(11)21-6-4-5-20-13/h7-8,12,17H,4-6H2,1-3H3. The number of carbonyl (C=O) groups excluding carboxylic acids is 1. The third kappa shape index (κ3) is 3.16. The molecule has 2 rings (SSSR count). The molecule has 0 saturated heterocycles. The van der Waals surface area contributed by atoms with Crippen molar-refractivity contribution in [3.8, 4) is 11.5 Å². The molecule has 5 nitrogen and oxygen atoms in total. The number of hydrogen-bond donors (Lipinski definition) is 1. The van der Waals surface area contributed by atoms with E-state index in [1.54, 1.807) is 6.07 Å². The van der Waals surface area contributed by atoms with Crippen LogP contribution in [0.15, 0.2) is 10.5 Å². The molecule has 116 valence electrons. The van der Waals surface area contributed by atoms with Crippen molar-refractivity contribution in [1.29, 1.82) is 0 Å². The van der Waals surface area contributed by atoms with Crippen LogP contribution in [0, 0.1) is 0 Å². The summed E-state index contributed by atoms with van der Waals surface area (Å²) in [4.78, 5) is 11.7. The monoisotopic (exact) mass is 358 g/mol. The van der Waals surface area contributed by atoms with Crippen LogP contribution in [-0.4, -0.2) is 31.4 Å². The number of benzene rings is 1. The maximum Gasteiger partial charge on any atom is 0.339 e. The van der Waals surface area contributed by atoms with Gasteiger partial charge >= 0.3 is 5.97 Å². The highest BCUT2D eigenvalue weighted by atomic mass is 79.9. The summed E-state index contributed by atoms with van der Waals surface area (Å²) in [5, 5.41) is 10.2. The van der Waals surface area contributed by atoms with Crippen molar-refractivity contribution < 1.29 is 24.1 Å². The molecule has 1 N–H and O–H groups in total. The third-order valence-electron chi connectivity index (χ3n) is 3.34. The molecule has 6 heteroatoms. The molecule has 0 bridgehead atoms. The summed E-state index contributed by atoms with van der Waals surface area (Å²) in [5.74, 6) is 0.577. The first-order valence-corrected chi connectivity index (χ1v) is 7.64. The van der Waals surface area contributed by atoms with Crippen LogP contribution in [0.3, 0.4) is 0 Å². The largest absolute Gasteiger partial charge is 0.489 e. The molecule has 0 radical (unpaired) electrons. The van der Waals surface area contributed by atoms with Crippen molar-refractivity contribution >= 4 is 21.9 Å². The Morgan fingerprint density at radius 3 is 2.52 bits per heavy atom. The van der Waals surface area contributed by atoms with Crippen LogP contribution < -0.4 is 9.47 Å². The summed E-state index contributed by atoms with van der Waals surface area (Å²) in [6.45, 7) is 5.06. The van der Waals surface area contributed by atoms with Crippen molar-refractivity contribution in [3.63, 3.8) is 0 Å². The minimum atomic E-state index is -1.35. The molecule has 0 aromatic heterocycles. The average Bonchev–Trinajstić information content (AvgIpc) is 2.71. The van der Waals surface area contributed by atoms with Crippen LogP contribution in [0.25, 0.3) is 0 Å². The number of fused-ring (bicyclic) bond motifs is 1. The van der Waals surface area contributed by atoms with Crippen LogP contribution in [0.2, 0.25) is 0 Å². The number of esters is 1. The molecule has 21 heavy (non-hydrogen) atoms. The lowest BCUT2D eigenvalue weighted by Crippen LogP contribution is -2.17. The Balaban J connectivity index is 2.63. The Labute approximate surface area is 132 Å². The number of aliphatic hydroxyl groups excluding tert-OH is 1. The van der Waals surface area contributed by atoms with E-state index in [2.05, 4.69) is 20.7 Å². The molecular weight excluding hydrogens is 340 g/mol. The summed E-state index contributed by atoms with van der Waals surface area (Å²) in [6.07, 6.45) is -0.561. The van der Waals surface area contributed by atoms with Gasteiger partial charge in [-0.3, -0.25) is 0 Å². The topological polar surface area (TPSA) is 65.0 Å². The van der Waals surface area contributed by atoms with Gasteiger partial charge in [0.25, 0.3) is 0 Å². The molecule has 1 aromatic rings. The number of carbonyl (C=O) groups is 1. The van der Waals surface area contributed by atoms with Crippen LogP contribution in [0.5, 0.6) is 11.5 Å². The molecule has 0 amide bonds. The zero-order valence-electron chi connectivity index (χ0n) is 12.3. The molecule has 1 heterocycles. The van der Waals surface area contributed by atoms with Crippen LogP contribution in [-0.2, 0) is 9.53 Å². The zero-order chi connectivity index (χ0) is 15.6. The fourth-order valence-electron chi connectivity index (χ4n) is 2.39. The lowest BCUT2D eigenvalue weighted by atomic mass is 9.92. The number of aliphatic hydroxyl groups is 1. The quantitative estimate of drug-likeness (QED) is 0.841. The van der Waals surface area contributed by atoms with Crippen molar-refractivity contribution in [2.75, 3.05) is 20.3 Å².